The molecule has 1 atom stereocenters. The second-order valence-corrected chi connectivity index (χ2v) is 8.82. The highest BCUT2D eigenvalue weighted by Gasteiger charge is 2.35. The van der Waals surface area contributed by atoms with E-state index in [0.29, 0.717) is 24.8 Å². The maximum atomic E-state index is 12.9. The molecule has 2 heterocycles. The number of fused-ring (bicyclic) bond motifs is 3. The molecule has 1 aliphatic rings. The topological polar surface area (TPSA) is 78.6 Å². The van der Waals surface area contributed by atoms with Gasteiger partial charge in [-0.1, -0.05) is 23.7 Å². The molecule has 182 valence electrons. The molecule has 1 aliphatic heterocycles. The monoisotopic (exact) mass is 484 g/mol. The lowest BCUT2D eigenvalue weighted by Crippen LogP contribution is -2.41. The number of ether oxygens (including phenoxy) is 2. The van der Waals surface area contributed by atoms with E-state index in [0.717, 1.165) is 60.4 Å². The van der Waals surface area contributed by atoms with Crippen LogP contribution in [-0.4, -0.2) is 62.4 Å². The summed E-state index contributed by atoms with van der Waals surface area (Å²) in [6.45, 7) is 6.15. The van der Waals surface area contributed by atoms with Crippen molar-refractivity contribution in [1.82, 2.24) is 20.5 Å². The van der Waals surface area contributed by atoms with Crippen LogP contribution in [0, 0.1) is 0 Å². The first-order valence-electron chi connectivity index (χ1n) is 11.9. The van der Waals surface area contributed by atoms with Gasteiger partial charge in [0.25, 0.3) is 0 Å². The summed E-state index contributed by atoms with van der Waals surface area (Å²) in [5.41, 5.74) is 4.20. The van der Waals surface area contributed by atoms with Crippen LogP contribution in [0.3, 0.4) is 0 Å². The minimum absolute atomic E-state index is 0.291. The van der Waals surface area contributed by atoms with Crippen LogP contribution in [0.15, 0.2) is 42.5 Å². The lowest BCUT2D eigenvalue weighted by Gasteiger charge is -2.35. The zero-order chi connectivity index (χ0) is 23.9. The zero-order valence-corrected chi connectivity index (χ0v) is 20.6. The van der Waals surface area contributed by atoms with Crippen molar-refractivity contribution in [1.29, 1.82) is 0 Å². The van der Waals surface area contributed by atoms with Crippen LogP contribution >= 0.6 is 11.6 Å². The van der Waals surface area contributed by atoms with Crippen molar-refractivity contribution >= 4 is 28.6 Å². The summed E-state index contributed by atoms with van der Waals surface area (Å²) in [5.74, 6) is 0.794. The van der Waals surface area contributed by atoms with Gasteiger partial charge in [-0.2, -0.15) is 0 Å². The SMILES string of the molecule is CCOC(=O)N1CCc2c([nH]c3ccc(Cl)cc23)C1c1cccc(OCCCNCCNC)c1. The van der Waals surface area contributed by atoms with E-state index < -0.39 is 0 Å². The Hall–Kier alpha value is -2.74. The van der Waals surface area contributed by atoms with Crippen LogP contribution in [0.4, 0.5) is 4.79 Å². The Kier molecular flexibility index (Phi) is 8.32. The predicted molar refractivity (Wildman–Crippen MR) is 136 cm³/mol. The van der Waals surface area contributed by atoms with E-state index in [4.69, 9.17) is 21.1 Å². The van der Waals surface area contributed by atoms with Crippen molar-refractivity contribution in [3.63, 3.8) is 0 Å². The summed E-state index contributed by atoms with van der Waals surface area (Å²) in [7, 11) is 1.95. The van der Waals surface area contributed by atoms with Crippen molar-refractivity contribution in [2.24, 2.45) is 0 Å². The van der Waals surface area contributed by atoms with Crippen molar-refractivity contribution in [3.05, 3.63) is 64.3 Å². The van der Waals surface area contributed by atoms with Gasteiger partial charge in [0.05, 0.1) is 13.2 Å². The van der Waals surface area contributed by atoms with Gasteiger partial charge < -0.3 is 25.1 Å². The second-order valence-electron chi connectivity index (χ2n) is 8.38. The van der Waals surface area contributed by atoms with Crippen LogP contribution in [-0.2, 0) is 11.2 Å². The molecule has 7 nitrogen and oxygen atoms in total. The number of amides is 1. The quantitative estimate of drug-likeness (QED) is 0.369. The molecule has 0 spiro atoms. The van der Waals surface area contributed by atoms with Gasteiger partial charge in [0.2, 0.25) is 0 Å². The molecule has 0 radical (unpaired) electrons. The highest BCUT2D eigenvalue weighted by Crippen LogP contribution is 2.40. The molecule has 34 heavy (non-hydrogen) atoms. The van der Waals surface area contributed by atoms with Gasteiger partial charge in [0.1, 0.15) is 11.8 Å². The first-order chi connectivity index (χ1) is 16.6. The number of hydrogen-bond donors (Lipinski definition) is 3. The zero-order valence-electron chi connectivity index (χ0n) is 19.8. The number of aromatic amines is 1. The van der Waals surface area contributed by atoms with Crippen molar-refractivity contribution in [3.8, 4) is 5.75 Å². The normalized spacial score (nSPS) is 15.4. The van der Waals surface area contributed by atoms with E-state index >= 15 is 0 Å². The molecule has 4 rings (SSSR count). The fourth-order valence-electron chi connectivity index (χ4n) is 4.51. The standard InChI is InChI=1S/C26H33ClN4O3/c1-3-33-26(32)31-14-10-21-22-17-19(27)8-9-23(22)30-24(21)25(31)18-6-4-7-20(16-18)34-15-5-11-29-13-12-28-2/h4,6-9,16-17,25,28-30H,3,5,10-15H2,1-2H3. The average molecular weight is 485 g/mol. The van der Waals surface area contributed by atoms with Gasteiger partial charge >= 0.3 is 6.09 Å². The predicted octanol–water partition coefficient (Wildman–Crippen LogP) is 4.50. The molecule has 0 bridgehead atoms. The summed E-state index contributed by atoms with van der Waals surface area (Å²) in [6, 6.07) is 13.6. The van der Waals surface area contributed by atoms with Crippen LogP contribution in [0.25, 0.3) is 10.9 Å². The molecular weight excluding hydrogens is 452 g/mol. The minimum Gasteiger partial charge on any atom is -0.494 e. The maximum Gasteiger partial charge on any atom is 0.410 e. The molecule has 3 aromatic rings. The van der Waals surface area contributed by atoms with Gasteiger partial charge in [0, 0.05) is 41.3 Å². The van der Waals surface area contributed by atoms with Crippen molar-refractivity contribution in [2.75, 3.05) is 46.4 Å². The Bertz CT molecular complexity index is 1120. The van der Waals surface area contributed by atoms with Gasteiger partial charge in [-0.3, -0.25) is 4.90 Å². The largest absolute Gasteiger partial charge is 0.494 e. The third-order valence-corrected chi connectivity index (χ3v) is 6.32. The molecule has 0 aliphatic carbocycles. The Morgan fingerprint density at radius 1 is 1.21 bits per heavy atom. The van der Waals surface area contributed by atoms with Gasteiger partial charge in [-0.05, 0) is 74.8 Å². The molecule has 1 aromatic heterocycles. The number of H-pyrrole nitrogens is 1. The van der Waals surface area contributed by atoms with E-state index in [9.17, 15) is 4.79 Å². The third-order valence-electron chi connectivity index (χ3n) is 6.08. The summed E-state index contributed by atoms with van der Waals surface area (Å²) in [4.78, 5) is 18.2. The maximum absolute atomic E-state index is 12.9. The van der Waals surface area contributed by atoms with Crippen molar-refractivity contribution < 1.29 is 14.3 Å². The number of aromatic nitrogens is 1. The molecule has 2 aromatic carbocycles. The minimum atomic E-state index is -0.311. The number of hydrogen-bond acceptors (Lipinski definition) is 5. The van der Waals surface area contributed by atoms with Crippen LogP contribution in [0.5, 0.6) is 5.75 Å². The summed E-state index contributed by atoms with van der Waals surface area (Å²) in [5, 5.41) is 8.31. The number of likely N-dealkylation sites (N-methyl/N-ethyl adjacent to an activating group) is 1. The molecule has 0 saturated heterocycles. The summed E-state index contributed by atoms with van der Waals surface area (Å²) in [6.07, 6.45) is 1.34. The van der Waals surface area contributed by atoms with Crippen LogP contribution in [0.2, 0.25) is 5.02 Å². The van der Waals surface area contributed by atoms with E-state index in [-0.39, 0.29) is 12.1 Å². The Morgan fingerprint density at radius 2 is 2.09 bits per heavy atom. The number of halogens is 1. The molecule has 0 fully saturated rings. The Labute approximate surface area is 205 Å². The highest BCUT2D eigenvalue weighted by molar-refractivity contribution is 6.31. The molecule has 1 unspecified atom stereocenters. The average Bonchev–Trinajstić information content (AvgIpc) is 3.21. The van der Waals surface area contributed by atoms with Gasteiger partial charge in [-0.15, -0.1) is 0 Å². The number of nitrogens with one attached hydrogen (secondary N) is 3. The molecule has 0 saturated carbocycles. The number of benzene rings is 2. The molecule has 8 heteroatoms. The Morgan fingerprint density at radius 3 is 2.91 bits per heavy atom. The van der Waals surface area contributed by atoms with Gasteiger partial charge in [-0.25, -0.2) is 4.79 Å². The smallest absolute Gasteiger partial charge is 0.410 e. The van der Waals surface area contributed by atoms with E-state index in [1.54, 1.807) is 4.90 Å². The van der Waals surface area contributed by atoms with Crippen LogP contribution in [0.1, 0.15) is 36.2 Å². The number of carbonyl (C=O) groups is 1. The lowest BCUT2D eigenvalue weighted by molar-refractivity contribution is 0.0931. The molecule has 1 amide bonds. The Balaban J connectivity index is 1.58. The fraction of sp³-hybridized carbons (Fsp3) is 0.423. The third kappa shape index (κ3) is 5.49. The van der Waals surface area contributed by atoms with Gasteiger partial charge in [0.15, 0.2) is 0 Å². The van der Waals surface area contributed by atoms with Crippen LogP contribution < -0.4 is 15.4 Å². The summed E-state index contributed by atoms with van der Waals surface area (Å²) < 4.78 is 11.4. The van der Waals surface area contributed by atoms with E-state index in [1.807, 2.05) is 56.4 Å². The first-order valence-corrected chi connectivity index (χ1v) is 12.3. The molecule has 3 N–H and O–H groups in total. The van der Waals surface area contributed by atoms with Crippen molar-refractivity contribution in [2.45, 2.75) is 25.8 Å². The highest BCUT2D eigenvalue weighted by atomic mass is 35.5. The second kappa shape index (κ2) is 11.6. The summed E-state index contributed by atoms with van der Waals surface area (Å²) >= 11 is 6.29. The fourth-order valence-corrected chi connectivity index (χ4v) is 4.68. The van der Waals surface area contributed by atoms with E-state index in [2.05, 4.69) is 15.6 Å². The molecular formula is C26H33ClN4O3. The number of nitrogens with zero attached hydrogens (tertiary/aromatic N) is 1. The van der Waals surface area contributed by atoms with E-state index in [1.165, 1.54) is 5.56 Å². The number of rotatable bonds is 10. The lowest BCUT2D eigenvalue weighted by atomic mass is 9.92. The number of carbonyl (C=O) groups excluding carboxylic acids is 1. The first kappa shape index (κ1) is 24.4.